The normalized spacial score (nSPS) is 10.9. The molecule has 0 spiro atoms. The number of hydrogen-bond donors (Lipinski definition) is 1. The molecule has 0 aliphatic heterocycles. The van der Waals surface area contributed by atoms with Crippen LogP contribution in [0, 0.1) is 5.82 Å². The fourth-order valence-corrected chi connectivity index (χ4v) is 3.93. The van der Waals surface area contributed by atoms with Crippen molar-refractivity contribution in [2.24, 2.45) is 0 Å². The Kier molecular flexibility index (Phi) is 5.20. The third-order valence-electron chi connectivity index (χ3n) is 4.52. The molecule has 2 aromatic heterocycles. The van der Waals surface area contributed by atoms with Gasteiger partial charge >= 0.3 is 5.69 Å². The third kappa shape index (κ3) is 3.50. The van der Waals surface area contributed by atoms with E-state index in [9.17, 15) is 18.8 Å². The van der Waals surface area contributed by atoms with Crippen molar-refractivity contribution in [3.8, 4) is 11.4 Å². The van der Waals surface area contributed by atoms with Crippen molar-refractivity contribution in [3.05, 3.63) is 86.6 Å². The first-order valence-corrected chi connectivity index (χ1v) is 9.79. The zero-order valence-corrected chi connectivity index (χ0v) is 16.6. The minimum Gasteiger partial charge on any atom is -0.497 e. The van der Waals surface area contributed by atoms with Gasteiger partial charge in [0.05, 0.1) is 18.3 Å². The maximum absolute atomic E-state index is 14.3. The molecule has 0 radical (unpaired) electrons. The number of amides is 1. The Labute approximate surface area is 173 Å². The fourth-order valence-electron chi connectivity index (χ4n) is 3.10. The summed E-state index contributed by atoms with van der Waals surface area (Å²) in [6.07, 6.45) is 0. The molecule has 4 rings (SSSR count). The van der Waals surface area contributed by atoms with Crippen molar-refractivity contribution < 1.29 is 13.9 Å². The first kappa shape index (κ1) is 19.6. The number of para-hydroxylation sites is 1. The second-order valence-corrected chi connectivity index (χ2v) is 7.29. The van der Waals surface area contributed by atoms with Crippen LogP contribution in [0.5, 0.6) is 5.75 Å². The smallest absolute Gasteiger partial charge is 0.336 e. The van der Waals surface area contributed by atoms with Crippen molar-refractivity contribution in [3.63, 3.8) is 0 Å². The molecule has 2 aromatic carbocycles. The molecule has 0 saturated heterocycles. The number of thiophene rings is 1. The summed E-state index contributed by atoms with van der Waals surface area (Å²) in [5.41, 5.74) is -0.722. The summed E-state index contributed by atoms with van der Waals surface area (Å²) < 4.78 is 21.6. The molecule has 152 valence electrons. The van der Waals surface area contributed by atoms with E-state index in [1.165, 1.54) is 35.9 Å². The number of nitrogens with one attached hydrogen (secondary N) is 1. The Balaban J connectivity index is 1.76. The number of carbonyl (C=O) groups excluding carboxylic acids is 1. The average molecular weight is 425 g/mol. The molecule has 9 heteroatoms. The lowest BCUT2D eigenvalue weighted by Crippen LogP contribution is -2.40. The van der Waals surface area contributed by atoms with Crippen LogP contribution < -0.4 is 21.3 Å². The van der Waals surface area contributed by atoms with Crippen molar-refractivity contribution in [2.75, 3.05) is 12.4 Å². The molecule has 7 nitrogen and oxygen atoms in total. The van der Waals surface area contributed by atoms with Gasteiger partial charge in [-0.3, -0.25) is 14.2 Å². The summed E-state index contributed by atoms with van der Waals surface area (Å²) in [6.45, 7) is -0.340. The van der Waals surface area contributed by atoms with Crippen molar-refractivity contribution in [1.82, 2.24) is 9.13 Å². The van der Waals surface area contributed by atoms with E-state index in [0.717, 1.165) is 15.9 Å². The number of benzene rings is 2. The minimum atomic E-state index is -0.791. The van der Waals surface area contributed by atoms with Crippen LogP contribution in [0.2, 0.25) is 0 Å². The van der Waals surface area contributed by atoms with Gasteiger partial charge in [0.25, 0.3) is 5.56 Å². The standard InChI is InChI=1S/C21H16FN3O4S/c1-29-14-8-6-13(7-9-14)23-18(26)12-24-17-10-11-30-19(17)20(27)25(21(24)28)16-5-3-2-4-15(16)22/h2-11H,12H2,1H3,(H,23,26). The van der Waals surface area contributed by atoms with Crippen molar-refractivity contribution in [2.45, 2.75) is 6.54 Å². The van der Waals surface area contributed by atoms with Gasteiger partial charge in [-0.15, -0.1) is 11.3 Å². The molecule has 0 aliphatic rings. The first-order chi connectivity index (χ1) is 14.5. The molecule has 0 fully saturated rings. The van der Waals surface area contributed by atoms with Gasteiger partial charge in [0.1, 0.15) is 22.8 Å². The fraction of sp³-hybridized carbons (Fsp3) is 0.0952. The Morgan fingerprint density at radius 3 is 2.53 bits per heavy atom. The van der Waals surface area contributed by atoms with Gasteiger partial charge < -0.3 is 10.1 Å². The Bertz CT molecular complexity index is 1360. The Morgan fingerprint density at radius 2 is 1.83 bits per heavy atom. The number of hydrogen-bond acceptors (Lipinski definition) is 5. The molecular formula is C21H16FN3O4S. The predicted molar refractivity (Wildman–Crippen MR) is 113 cm³/mol. The Hall–Kier alpha value is -3.72. The van der Waals surface area contributed by atoms with E-state index in [4.69, 9.17) is 4.74 Å². The summed E-state index contributed by atoms with van der Waals surface area (Å²) in [6, 6.07) is 13.8. The minimum absolute atomic E-state index is 0.160. The number of aromatic nitrogens is 2. The molecule has 1 N–H and O–H groups in total. The summed E-state index contributed by atoms with van der Waals surface area (Å²) in [5.74, 6) is -0.531. The maximum Gasteiger partial charge on any atom is 0.336 e. The van der Waals surface area contributed by atoms with Crippen LogP contribution in [0.3, 0.4) is 0 Å². The van der Waals surface area contributed by atoms with Gasteiger partial charge in [-0.05, 0) is 47.8 Å². The zero-order chi connectivity index (χ0) is 21.3. The van der Waals surface area contributed by atoms with Crippen molar-refractivity contribution >= 4 is 33.1 Å². The molecule has 0 atom stereocenters. The van der Waals surface area contributed by atoms with Crippen LogP contribution in [-0.4, -0.2) is 22.2 Å². The maximum atomic E-state index is 14.3. The monoisotopic (exact) mass is 425 g/mol. The average Bonchev–Trinajstić information content (AvgIpc) is 3.23. The van der Waals surface area contributed by atoms with Crippen LogP contribution in [-0.2, 0) is 11.3 Å². The van der Waals surface area contributed by atoms with Gasteiger partial charge in [0, 0.05) is 5.69 Å². The lowest BCUT2D eigenvalue weighted by Gasteiger charge is -2.13. The second kappa shape index (κ2) is 7.96. The lowest BCUT2D eigenvalue weighted by atomic mass is 10.3. The molecule has 4 aromatic rings. The van der Waals surface area contributed by atoms with Crippen LogP contribution in [0.15, 0.2) is 69.6 Å². The largest absolute Gasteiger partial charge is 0.497 e. The highest BCUT2D eigenvalue weighted by atomic mass is 32.1. The number of ether oxygens (including phenoxy) is 1. The molecule has 1 amide bonds. The van der Waals surface area contributed by atoms with Crippen LogP contribution in [0.1, 0.15) is 0 Å². The zero-order valence-electron chi connectivity index (χ0n) is 15.8. The van der Waals surface area contributed by atoms with E-state index < -0.39 is 23.0 Å². The summed E-state index contributed by atoms with van der Waals surface area (Å²) >= 11 is 1.13. The van der Waals surface area contributed by atoms with Crippen LogP contribution in [0.4, 0.5) is 10.1 Å². The van der Waals surface area contributed by atoms with Crippen LogP contribution in [0.25, 0.3) is 15.9 Å². The van der Waals surface area contributed by atoms with Gasteiger partial charge in [-0.2, -0.15) is 0 Å². The number of fused-ring (bicyclic) bond motifs is 1. The van der Waals surface area contributed by atoms with E-state index in [0.29, 0.717) is 17.0 Å². The van der Waals surface area contributed by atoms with Gasteiger partial charge in [-0.1, -0.05) is 12.1 Å². The molecular weight excluding hydrogens is 409 g/mol. The molecule has 0 aliphatic carbocycles. The second-order valence-electron chi connectivity index (χ2n) is 6.37. The SMILES string of the molecule is COc1ccc(NC(=O)Cn2c(=O)n(-c3ccccc3F)c(=O)c3sccc32)cc1. The topological polar surface area (TPSA) is 82.3 Å². The van der Waals surface area contributed by atoms with Gasteiger partial charge in [-0.25, -0.2) is 13.8 Å². The highest BCUT2D eigenvalue weighted by molar-refractivity contribution is 7.17. The molecule has 2 heterocycles. The third-order valence-corrected chi connectivity index (χ3v) is 5.42. The number of halogens is 1. The van der Waals surface area contributed by atoms with Crippen molar-refractivity contribution in [1.29, 1.82) is 0 Å². The van der Waals surface area contributed by atoms with Crippen LogP contribution >= 0.6 is 11.3 Å². The predicted octanol–water partition coefficient (Wildman–Crippen LogP) is 3.00. The highest BCUT2D eigenvalue weighted by Crippen LogP contribution is 2.18. The van der Waals surface area contributed by atoms with E-state index in [-0.39, 0.29) is 16.9 Å². The Morgan fingerprint density at radius 1 is 1.10 bits per heavy atom. The van der Waals surface area contributed by atoms with Gasteiger partial charge in [0.2, 0.25) is 5.91 Å². The van der Waals surface area contributed by atoms with Gasteiger partial charge in [0.15, 0.2) is 0 Å². The lowest BCUT2D eigenvalue weighted by molar-refractivity contribution is -0.116. The number of anilines is 1. The van der Waals surface area contributed by atoms with E-state index in [1.54, 1.807) is 35.7 Å². The molecule has 0 unspecified atom stereocenters. The summed E-state index contributed by atoms with van der Waals surface area (Å²) in [7, 11) is 1.54. The number of carbonyl (C=O) groups is 1. The first-order valence-electron chi connectivity index (χ1n) is 8.91. The van der Waals surface area contributed by atoms with E-state index in [1.807, 2.05) is 0 Å². The molecule has 0 bridgehead atoms. The molecule has 0 saturated carbocycles. The quantitative estimate of drug-likeness (QED) is 0.533. The summed E-state index contributed by atoms with van der Waals surface area (Å²) in [4.78, 5) is 38.5. The van der Waals surface area contributed by atoms with E-state index >= 15 is 0 Å². The molecule has 30 heavy (non-hydrogen) atoms. The number of rotatable bonds is 5. The summed E-state index contributed by atoms with van der Waals surface area (Å²) in [5, 5.41) is 4.35. The van der Waals surface area contributed by atoms with E-state index in [2.05, 4.69) is 5.32 Å². The highest BCUT2D eigenvalue weighted by Gasteiger charge is 2.19. The number of nitrogens with zero attached hydrogens (tertiary/aromatic N) is 2. The number of methoxy groups -OCH3 is 1.